The number of methoxy groups -OCH3 is 1. The fraction of sp³-hybridized carbons (Fsp3) is 0.500. The molecule has 0 spiro atoms. The first-order valence-corrected chi connectivity index (χ1v) is 7.07. The van der Waals surface area contributed by atoms with E-state index in [1.165, 1.54) is 31.4 Å². The average Bonchev–Trinajstić information content (AvgIpc) is 3.00. The number of carboxylic acids is 1. The van der Waals surface area contributed by atoms with Gasteiger partial charge in [0.25, 0.3) is 0 Å². The highest BCUT2D eigenvalue weighted by molar-refractivity contribution is 6.00. The van der Waals surface area contributed by atoms with E-state index in [2.05, 4.69) is 0 Å². The van der Waals surface area contributed by atoms with E-state index in [1.807, 2.05) is 0 Å². The Morgan fingerprint density at radius 3 is 2.33 bits per heavy atom. The van der Waals surface area contributed by atoms with Gasteiger partial charge in [-0.1, -0.05) is 25.0 Å². The van der Waals surface area contributed by atoms with Crippen LogP contribution in [0.25, 0.3) is 0 Å². The highest BCUT2D eigenvalue weighted by Gasteiger charge is 2.54. The predicted octanol–water partition coefficient (Wildman–Crippen LogP) is 2.80. The summed E-state index contributed by atoms with van der Waals surface area (Å²) in [5.41, 5.74) is -0.959. The number of carboxylic acid groups (broad SMARTS) is 1. The molecule has 21 heavy (non-hydrogen) atoms. The van der Waals surface area contributed by atoms with Crippen LogP contribution in [0.3, 0.4) is 0 Å². The van der Waals surface area contributed by atoms with E-state index in [9.17, 15) is 19.1 Å². The van der Waals surface area contributed by atoms with Crippen molar-refractivity contribution >= 4 is 11.9 Å². The number of esters is 1. The van der Waals surface area contributed by atoms with Gasteiger partial charge in [-0.15, -0.1) is 0 Å². The number of hydrogen-bond acceptors (Lipinski definition) is 3. The second kappa shape index (κ2) is 6.24. The van der Waals surface area contributed by atoms with Gasteiger partial charge < -0.3 is 9.84 Å². The lowest BCUT2D eigenvalue weighted by molar-refractivity contribution is -0.171. The summed E-state index contributed by atoms with van der Waals surface area (Å²) in [7, 11) is 1.21. The molecule has 4 nitrogen and oxygen atoms in total. The van der Waals surface area contributed by atoms with Crippen LogP contribution in [0, 0.1) is 17.2 Å². The molecule has 1 aliphatic rings. The Morgan fingerprint density at radius 2 is 1.86 bits per heavy atom. The summed E-state index contributed by atoms with van der Waals surface area (Å²) in [6.07, 6.45) is 3.26. The van der Waals surface area contributed by atoms with Gasteiger partial charge in [-0.2, -0.15) is 0 Å². The van der Waals surface area contributed by atoms with Gasteiger partial charge in [0.2, 0.25) is 0 Å². The molecular formula is C16H19FO4. The van der Waals surface area contributed by atoms with Gasteiger partial charge in [-0.3, -0.25) is 9.59 Å². The van der Waals surface area contributed by atoms with Crippen molar-refractivity contribution in [1.82, 2.24) is 0 Å². The number of halogens is 1. The van der Waals surface area contributed by atoms with Gasteiger partial charge in [0.05, 0.1) is 7.11 Å². The third-order valence-corrected chi connectivity index (χ3v) is 4.38. The Morgan fingerprint density at radius 1 is 1.29 bits per heavy atom. The quantitative estimate of drug-likeness (QED) is 0.670. The minimum atomic E-state index is -1.58. The molecule has 1 aromatic carbocycles. The Labute approximate surface area is 122 Å². The topological polar surface area (TPSA) is 63.6 Å². The number of carbonyl (C=O) groups excluding carboxylic acids is 1. The van der Waals surface area contributed by atoms with Crippen LogP contribution >= 0.6 is 0 Å². The highest BCUT2D eigenvalue weighted by Crippen LogP contribution is 2.43. The van der Waals surface area contributed by atoms with Gasteiger partial charge in [0, 0.05) is 0 Å². The molecule has 0 heterocycles. The second-order valence-corrected chi connectivity index (χ2v) is 5.55. The van der Waals surface area contributed by atoms with Crippen molar-refractivity contribution in [1.29, 1.82) is 0 Å². The molecule has 114 valence electrons. The van der Waals surface area contributed by atoms with Crippen LogP contribution in [-0.4, -0.2) is 24.2 Å². The normalized spacial score (nSPS) is 18.2. The molecule has 0 aliphatic heterocycles. The number of benzene rings is 1. The van der Waals surface area contributed by atoms with Crippen LogP contribution in [-0.2, 0) is 20.7 Å². The Hall–Kier alpha value is -1.91. The van der Waals surface area contributed by atoms with E-state index in [0.717, 1.165) is 12.8 Å². The maximum atomic E-state index is 13.0. The van der Waals surface area contributed by atoms with Crippen LogP contribution in [0.5, 0.6) is 0 Å². The first-order valence-electron chi connectivity index (χ1n) is 7.07. The lowest BCUT2D eigenvalue weighted by Gasteiger charge is -2.32. The van der Waals surface area contributed by atoms with Crippen molar-refractivity contribution in [3.05, 3.63) is 35.6 Å². The van der Waals surface area contributed by atoms with Crippen LogP contribution < -0.4 is 0 Å². The van der Waals surface area contributed by atoms with Crippen molar-refractivity contribution in [2.75, 3.05) is 7.11 Å². The molecule has 0 aromatic heterocycles. The molecule has 0 bridgehead atoms. The first kappa shape index (κ1) is 15.5. The molecule has 2 rings (SSSR count). The summed E-state index contributed by atoms with van der Waals surface area (Å²) >= 11 is 0. The lowest BCUT2D eigenvalue weighted by Crippen LogP contribution is -2.47. The monoisotopic (exact) mass is 294 g/mol. The summed E-state index contributed by atoms with van der Waals surface area (Å²) in [5.74, 6) is -2.51. The SMILES string of the molecule is COC(=O)C(Cc1ccc(F)cc1)(C(=O)O)C1CCCC1. The highest BCUT2D eigenvalue weighted by atomic mass is 19.1. The van der Waals surface area contributed by atoms with Crippen molar-refractivity contribution in [3.63, 3.8) is 0 Å². The number of ether oxygens (including phenoxy) is 1. The van der Waals surface area contributed by atoms with E-state index >= 15 is 0 Å². The van der Waals surface area contributed by atoms with E-state index in [4.69, 9.17) is 4.74 Å². The van der Waals surface area contributed by atoms with Gasteiger partial charge in [0.15, 0.2) is 5.41 Å². The largest absolute Gasteiger partial charge is 0.480 e. The Kier molecular flexibility index (Phi) is 4.60. The van der Waals surface area contributed by atoms with E-state index in [1.54, 1.807) is 0 Å². The van der Waals surface area contributed by atoms with Gasteiger partial charge in [0.1, 0.15) is 5.82 Å². The zero-order valence-electron chi connectivity index (χ0n) is 12.0. The van der Waals surface area contributed by atoms with E-state index in [0.29, 0.717) is 18.4 Å². The second-order valence-electron chi connectivity index (χ2n) is 5.55. The third-order valence-electron chi connectivity index (χ3n) is 4.38. The minimum absolute atomic E-state index is 0.0277. The smallest absolute Gasteiger partial charge is 0.323 e. The first-order chi connectivity index (χ1) is 10.0. The van der Waals surface area contributed by atoms with Gasteiger partial charge in [-0.05, 0) is 42.9 Å². The molecule has 0 saturated heterocycles. The molecule has 5 heteroatoms. The summed E-state index contributed by atoms with van der Waals surface area (Å²) in [6.45, 7) is 0. The zero-order valence-corrected chi connectivity index (χ0v) is 12.0. The molecule has 0 radical (unpaired) electrons. The summed E-state index contributed by atoms with van der Waals surface area (Å²) < 4.78 is 17.8. The van der Waals surface area contributed by atoms with Crippen LogP contribution in [0.15, 0.2) is 24.3 Å². The standard InChI is InChI=1S/C16H19FO4/c1-21-15(20)16(14(18)19,12-4-2-3-5-12)10-11-6-8-13(17)9-7-11/h6-9,12H,2-5,10H2,1H3,(H,18,19). The number of rotatable bonds is 5. The molecule has 1 saturated carbocycles. The summed E-state index contributed by atoms with van der Waals surface area (Å²) in [5, 5.41) is 9.73. The maximum Gasteiger partial charge on any atom is 0.323 e. The van der Waals surface area contributed by atoms with Gasteiger partial charge in [-0.25, -0.2) is 4.39 Å². The molecule has 0 amide bonds. The molecule has 1 aromatic rings. The summed E-state index contributed by atoms with van der Waals surface area (Å²) in [4.78, 5) is 24.2. The summed E-state index contributed by atoms with van der Waals surface area (Å²) in [6, 6.07) is 5.58. The number of hydrogen-bond donors (Lipinski definition) is 1. The zero-order chi connectivity index (χ0) is 15.5. The van der Waals surface area contributed by atoms with Crippen molar-refractivity contribution in [2.45, 2.75) is 32.1 Å². The molecule has 1 atom stereocenters. The third kappa shape index (κ3) is 2.91. The van der Waals surface area contributed by atoms with Crippen LogP contribution in [0.4, 0.5) is 4.39 Å². The molecular weight excluding hydrogens is 275 g/mol. The molecule has 1 aliphatic carbocycles. The van der Waals surface area contributed by atoms with Crippen molar-refractivity contribution in [3.8, 4) is 0 Å². The van der Waals surface area contributed by atoms with Crippen molar-refractivity contribution < 1.29 is 23.8 Å². The molecule has 1 fully saturated rings. The van der Waals surface area contributed by atoms with E-state index < -0.39 is 23.2 Å². The van der Waals surface area contributed by atoms with Crippen LogP contribution in [0.2, 0.25) is 0 Å². The lowest BCUT2D eigenvalue weighted by atomic mass is 9.70. The fourth-order valence-corrected chi connectivity index (χ4v) is 3.25. The van der Waals surface area contributed by atoms with Crippen molar-refractivity contribution in [2.24, 2.45) is 11.3 Å². The average molecular weight is 294 g/mol. The Bertz CT molecular complexity index is 520. The Balaban J connectivity index is 2.40. The molecule has 1 N–H and O–H groups in total. The predicted molar refractivity (Wildman–Crippen MR) is 74.1 cm³/mol. The van der Waals surface area contributed by atoms with E-state index in [-0.39, 0.29) is 12.3 Å². The van der Waals surface area contributed by atoms with Crippen LogP contribution in [0.1, 0.15) is 31.2 Å². The maximum absolute atomic E-state index is 13.0. The minimum Gasteiger partial charge on any atom is -0.480 e. The fourth-order valence-electron chi connectivity index (χ4n) is 3.25. The molecule has 1 unspecified atom stereocenters. The number of aliphatic carboxylic acids is 1. The number of carbonyl (C=O) groups is 2. The van der Waals surface area contributed by atoms with Gasteiger partial charge >= 0.3 is 11.9 Å².